The van der Waals surface area contributed by atoms with Crippen LogP contribution in [-0.4, -0.2) is 32.8 Å². The van der Waals surface area contributed by atoms with Crippen molar-refractivity contribution in [2.75, 3.05) is 5.75 Å². The van der Waals surface area contributed by atoms with Crippen LogP contribution >= 0.6 is 21.6 Å². The van der Waals surface area contributed by atoms with Crippen LogP contribution in [0.3, 0.4) is 0 Å². The summed E-state index contributed by atoms with van der Waals surface area (Å²) in [6.07, 6.45) is 2.22. The van der Waals surface area contributed by atoms with E-state index in [9.17, 15) is 19.8 Å². The van der Waals surface area contributed by atoms with Gasteiger partial charge in [-0.15, -0.1) is 0 Å². The van der Waals surface area contributed by atoms with Gasteiger partial charge in [-0.1, -0.05) is 18.5 Å². The number of carboxylic acids is 1. The molecule has 142 valence electrons. The van der Waals surface area contributed by atoms with Gasteiger partial charge in [0, 0.05) is 15.5 Å². The molecule has 1 aliphatic rings. The minimum atomic E-state index is -1.91. The molecule has 3 rings (SSSR count). The maximum atomic E-state index is 11.7. The van der Waals surface area contributed by atoms with Gasteiger partial charge in [-0.05, 0) is 52.8 Å². The molecule has 2 heterocycles. The summed E-state index contributed by atoms with van der Waals surface area (Å²) in [6, 6.07) is 7.26. The van der Waals surface area contributed by atoms with Crippen molar-refractivity contribution in [1.29, 1.82) is 0 Å². The molecule has 1 aromatic carbocycles. The Labute approximate surface area is 163 Å². The van der Waals surface area contributed by atoms with Gasteiger partial charge in [0.15, 0.2) is 11.4 Å². The molecule has 0 fully saturated rings. The number of halogens is 1. The van der Waals surface area contributed by atoms with Crippen molar-refractivity contribution in [1.82, 2.24) is 4.98 Å². The topological polar surface area (TPSA) is 114 Å². The van der Waals surface area contributed by atoms with E-state index >= 15 is 0 Å². The molecule has 8 heteroatoms. The highest BCUT2D eigenvalue weighted by Gasteiger charge is 2.37. The third-order valence-electron chi connectivity index (χ3n) is 4.50. The van der Waals surface area contributed by atoms with Gasteiger partial charge >= 0.3 is 5.97 Å². The molecule has 2 aromatic rings. The number of hydrogen-bond donors (Lipinski definition) is 3. The minimum Gasteiger partial charge on any atom is -0.505 e. The lowest BCUT2D eigenvalue weighted by atomic mass is 10.1. The molecular weight excluding hydrogens is 388 g/mol. The van der Waals surface area contributed by atoms with E-state index in [-0.39, 0.29) is 17.9 Å². The molecule has 1 amide bonds. The van der Waals surface area contributed by atoms with E-state index in [2.05, 4.69) is 4.98 Å². The van der Waals surface area contributed by atoms with Gasteiger partial charge in [-0.2, -0.15) is 10.0 Å². The summed E-state index contributed by atoms with van der Waals surface area (Å²) in [5.74, 6) is -1.61. The average Bonchev–Trinajstić information content (AvgIpc) is 3.02. The van der Waals surface area contributed by atoms with Crippen LogP contribution in [-0.2, 0) is 11.2 Å². The molecule has 1 aromatic heterocycles. The fraction of sp³-hybridized carbons (Fsp3) is 0.211. The van der Waals surface area contributed by atoms with E-state index in [1.807, 2.05) is 24.5 Å². The number of amides is 1. The SMILES string of the molecule is CCc1nc(C(N)=O)c(O)c2c1S(CCC(=O)O)(c1ccc(Cl)cc1)C=C2. The first-order chi connectivity index (χ1) is 12.8. The maximum Gasteiger partial charge on any atom is 0.304 e. The number of carboxylic acid groups (broad SMARTS) is 1. The van der Waals surface area contributed by atoms with E-state index < -0.39 is 21.9 Å². The highest BCUT2D eigenvalue weighted by Crippen LogP contribution is 2.70. The molecule has 0 saturated heterocycles. The Morgan fingerprint density at radius 2 is 1.93 bits per heavy atom. The van der Waals surface area contributed by atoms with E-state index in [0.29, 0.717) is 28.5 Å². The van der Waals surface area contributed by atoms with Gasteiger partial charge < -0.3 is 15.9 Å². The van der Waals surface area contributed by atoms with Crippen LogP contribution in [0, 0.1) is 0 Å². The summed E-state index contributed by atoms with van der Waals surface area (Å²) in [5, 5.41) is 22.3. The second-order valence-corrected chi connectivity index (χ2v) is 9.70. The number of nitrogens with two attached hydrogens (primary N) is 1. The number of primary amides is 1. The molecule has 1 atom stereocenters. The van der Waals surface area contributed by atoms with Crippen LogP contribution in [0.2, 0.25) is 5.02 Å². The number of fused-ring (bicyclic) bond motifs is 1. The Morgan fingerprint density at radius 3 is 2.48 bits per heavy atom. The number of benzene rings is 1. The molecular formula is C19H19ClN2O4S. The van der Waals surface area contributed by atoms with Crippen LogP contribution in [0.4, 0.5) is 0 Å². The van der Waals surface area contributed by atoms with Crippen molar-refractivity contribution in [2.24, 2.45) is 5.73 Å². The maximum absolute atomic E-state index is 11.7. The summed E-state index contributed by atoms with van der Waals surface area (Å²) >= 11 is 6.02. The highest BCUT2D eigenvalue weighted by atomic mass is 35.5. The molecule has 1 unspecified atom stereocenters. The summed E-state index contributed by atoms with van der Waals surface area (Å²) in [5.41, 5.74) is 6.32. The molecule has 0 bridgehead atoms. The molecule has 0 radical (unpaired) electrons. The number of aromatic hydroxyl groups is 1. The zero-order valence-corrected chi connectivity index (χ0v) is 16.2. The van der Waals surface area contributed by atoms with Crippen molar-refractivity contribution in [3.05, 3.63) is 51.6 Å². The number of carbonyl (C=O) groups excluding carboxylic acids is 1. The summed E-state index contributed by atoms with van der Waals surface area (Å²) in [4.78, 5) is 29.0. The Morgan fingerprint density at radius 1 is 1.26 bits per heavy atom. The van der Waals surface area contributed by atoms with Crippen molar-refractivity contribution in [2.45, 2.75) is 29.6 Å². The lowest BCUT2D eigenvalue weighted by Gasteiger charge is -2.37. The molecule has 0 spiro atoms. The van der Waals surface area contributed by atoms with Crippen LogP contribution < -0.4 is 5.73 Å². The van der Waals surface area contributed by atoms with Gasteiger partial charge in [-0.25, -0.2) is 4.98 Å². The Balaban J connectivity index is 2.29. The van der Waals surface area contributed by atoms with Crippen LogP contribution in [0.1, 0.15) is 35.1 Å². The minimum absolute atomic E-state index is 0.0385. The number of nitrogens with zero attached hydrogens (tertiary/aromatic N) is 1. The van der Waals surface area contributed by atoms with E-state index in [1.54, 1.807) is 18.2 Å². The van der Waals surface area contributed by atoms with Crippen LogP contribution in [0.15, 0.2) is 39.5 Å². The fourth-order valence-electron chi connectivity index (χ4n) is 3.26. The number of aliphatic carboxylic acids is 1. The highest BCUT2D eigenvalue weighted by molar-refractivity contribution is 8.36. The molecule has 4 N–H and O–H groups in total. The second-order valence-electron chi connectivity index (χ2n) is 6.11. The number of aromatic nitrogens is 1. The molecule has 6 nitrogen and oxygen atoms in total. The third-order valence-corrected chi connectivity index (χ3v) is 8.50. The number of hydrogen-bond acceptors (Lipinski definition) is 4. The van der Waals surface area contributed by atoms with Crippen molar-refractivity contribution >= 4 is 39.6 Å². The molecule has 1 aliphatic heterocycles. The van der Waals surface area contributed by atoms with Crippen LogP contribution in [0.5, 0.6) is 5.75 Å². The largest absolute Gasteiger partial charge is 0.505 e. The van der Waals surface area contributed by atoms with Gasteiger partial charge in [0.2, 0.25) is 0 Å². The average molecular weight is 407 g/mol. The Kier molecular flexibility index (Phi) is 5.17. The predicted octanol–water partition coefficient (Wildman–Crippen LogP) is 3.78. The second kappa shape index (κ2) is 7.25. The van der Waals surface area contributed by atoms with Gasteiger partial charge in [0.05, 0.1) is 12.1 Å². The summed E-state index contributed by atoms with van der Waals surface area (Å²) < 4.78 is 0. The fourth-order valence-corrected chi connectivity index (χ4v) is 7.15. The zero-order chi connectivity index (χ0) is 19.8. The number of carbonyl (C=O) groups is 2. The normalized spacial score (nSPS) is 20.1. The number of pyridine rings is 1. The van der Waals surface area contributed by atoms with Crippen molar-refractivity contribution in [3.8, 4) is 5.75 Å². The van der Waals surface area contributed by atoms with Gasteiger partial charge in [0.1, 0.15) is 0 Å². The lowest BCUT2D eigenvalue weighted by molar-refractivity contribution is -0.136. The van der Waals surface area contributed by atoms with Crippen molar-refractivity contribution < 1.29 is 19.8 Å². The molecule has 0 saturated carbocycles. The van der Waals surface area contributed by atoms with Crippen molar-refractivity contribution in [3.63, 3.8) is 0 Å². The molecule has 27 heavy (non-hydrogen) atoms. The standard InChI is InChI=1S/C19H19ClN2O4S/c1-2-14-18-13(17(25)16(22-14)19(21)26)7-9-27(18,10-8-15(23)24)12-5-3-11(20)4-6-12/h3-7,9,25H,2,8,10H2,1H3,(H2,21,26)(H,23,24). The van der Waals surface area contributed by atoms with Crippen LogP contribution in [0.25, 0.3) is 6.08 Å². The molecule has 0 aliphatic carbocycles. The zero-order valence-electron chi connectivity index (χ0n) is 14.6. The quantitative estimate of drug-likeness (QED) is 0.675. The third kappa shape index (κ3) is 3.28. The van der Waals surface area contributed by atoms with E-state index in [4.69, 9.17) is 17.3 Å². The Bertz CT molecular complexity index is 959. The first-order valence-electron chi connectivity index (χ1n) is 8.32. The lowest BCUT2D eigenvalue weighted by Crippen LogP contribution is -2.17. The summed E-state index contributed by atoms with van der Waals surface area (Å²) in [6.45, 7) is 1.89. The first kappa shape index (κ1) is 19.3. The Hall–Kier alpha value is -2.51. The number of rotatable bonds is 6. The smallest absolute Gasteiger partial charge is 0.304 e. The summed E-state index contributed by atoms with van der Waals surface area (Å²) in [7, 11) is -1.91. The van der Waals surface area contributed by atoms with E-state index in [0.717, 1.165) is 9.79 Å². The first-order valence-corrected chi connectivity index (χ1v) is 10.6. The van der Waals surface area contributed by atoms with E-state index in [1.165, 1.54) is 0 Å². The van der Waals surface area contributed by atoms with Gasteiger partial charge in [-0.3, -0.25) is 9.59 Å². The predicted molar refractivity (Wildman–Crippen MR) is 106 cm³/mol. The monoisotopic (exact) mass is 406 g/mol. The number of aryl methyl sites for hydroxylation is 1. The van der Waals surface area contributed by atoms with Gasteiger partial charge in [0.25, 0.3) is 5.91 Å².